The van der Waals surface area contributed by atoms with Gasteiger partial charge in [-0.15, -0.1) is 0 Å². The molecule has 0 saturated heterocycles. The highest BCUT2D eigenvalue weighted by Gasteiger charge is 2.39. The number of hydrogen-bond donors (Lipinski definition) is 0. The maximum atomic E-state index is 7.12. The Balaban J connectivity index is 0.997. The molecule has 0 fully saturated rings. The predicted octanol–water partition coefficient (Wildman–Crippen LogP) is 17.2. The van der Waals surface area contributed by atoms with Crippen molar-refractivity contribution in [3.8, 4) is 56.0 Å². The molecule has 0 N–H and O–H groups in total. The molecule has 2 aliphatic rings. The lowest BCUT2D eigenvalue weighted by atomic mass is 9.81. The minimum atomic E-state index is -0.227. The van der Waals surface area contributed by atoms with Crippen LogP contribution >= 0.6 is 0 Å². The molecule has 64 heavy (non-hydrogen) atoms. The highest BCUT2D eigenvalue weighted by molar-refractivity contribution is 6.07. The molecule has 304 valence electrons. The van der Waals surface area contributed by atoms with Gasteiger partial charge >= 0.3 is 0 Å². The molecule has 10 aromatic rings. The molecule has 3 nitrogen and oxygen atoms in total. The first-order valence-corrected chi connectivity index (χ1v) is 22.1. The Morgan fingerprint density at radius 3 is 1.55 bits per heavy atom. The van der Waals surface area contributed by atoms with Crippen molar-refractivity contribution in [2.24, 2.45) is 0 Å². The van der Waals surface area contributed by atoms with Gasteiger partial charge in [0.2, 0.25) is 0 Å². The van der Waals surface area contributed by atoms with E-state index in [-0.39, 0.29) is 5.41 Å². The van der Waals surface area contributed by atoms with Crippen molar-refractivity contribution in [1.82, 2.24) is 0 Å². The fourth-order valence-electron chi connectivity index (χ4n) is 10.2. The maximum Gasteiger partial charge on any atom is 0.138 e. The smallest absolute Gasteiger partial charge is 0.138 e. The Hall–Kier alpha value is -8.14. The van der Waals surface area contributed by atoms with E-state index in [0.29, 0.717) is 0 Å². The van der Waals surface area contributed by atoms with E-state index in [2.05, 4.69) is 254 Å². The molecule has 1 aliphatic heterocycles. The first-order chi connectivity index (χ1) is 31.5. The van der Waals surface area contributed by atoms with Crippen molar-refractivity contribution in [3.63, 3.8) is 0 Å². The predicted molar refractivity (Wildman–Crippen MR) is 267 cm³/mol. The third-order valence-corrected chi connectivity index (χ3v) is 13.2. The van der Waals surface area contributed by atoms with Crippen LogP contribution in [0.25, 0.3) is 55.3 Å². The summed E-state index contributed by atoms with van der Waals surface area (Å²) in [5, 5.41) is 2.25. The van der Waals surface area contributed by atoms with Gasteiger partial charge in [-0.25, -0.2) is 0 Å². The molecule has 0 spiro atoms. The quantitative estimate of drug-likeness (QED) is 0.152. The first-order valence-electron chi connectivity index (χ1n) is 22.1. The molecule has 0 radical (unpaired) electrons. The van der Waals surface area contributed by atoms with E-state index in [1.165, 1.54) is 50.1 Å². The second-order valence-corrected chi connectivity index (χ2v) is 17.3. The fourth-order valence-corrected chi connectivity index (χ4v) is 10.2. The van der Waals surface area contributed by atoms with Crippen molar-refractivity contribution >= 4 is 44.9 Å². The van der Waals surface area contributed by atoms with Gasteiger partial charge in [0, 0.05) is 51.2 Å². The van der Waals surface area contributed by atoms with E-state index < -0.39 is 0 Å². The lowest BCUT2D eigenvalue weighted by molar-refractivity contribution is 0.487. The number of rotatable bonds is 8. The SMILES string of the molecule is CC1(C)c2ccccc2-c2cccc(N(c3ccc(-c4ccc(-c5ccccc5)cc4)cc3)c3cc4c5c(cccc5c3)-c3ccc(N(c5ccccc5)c5ccccc5)cc3O4)c21. The molecule has 0 atom stereocenters. The van der Waals surface area contributed by atoms with Crippen LogP contribution in [0, 0.1) is 0 Å². The van der Waals surface area contributed by atoms with Crippen molar-refractivity contribution in [2.45, 2.75) is 19.3 Å². The van der Waals surface area contributed by atoms with E-state index in [0.717, 1.165) is 62.0 Å². The van der Waals surface area contributed by atoms with Gasteiger partial charge in [0.15, 0.2) is 0 Å². The molecule has 0 saturated carbocycles. The van der Waals surface area contributed by atoms with Gasteiger partial charge < -0.3 is 14.5 Å². The maximum absolute atomic E-state index is 7.12. The Kier molecular flexibility index (Phi) is 8.84. The summed E-state index contributed by atoms with van der Waals surface area (Å²) < 4.78 is 7.12. The molecule has 0 unspecified atom stereocenters. The van der Waals surface area contributed by atoms with Crippen LogP contribution in [-0.4, -0.2) is 0 Å². The molecular weight excluding hydrogens is 777 g/mol. The number of hydrogen-bond acceptors (Lipinski definition) is 3. The summed E-state index contributed by atoms with van der Waals surface area (Å²) in [6.07, 6.45) is 0. The number of anilines is 6. The molecule has 3 heteroatoms. The summed E-state index contributed by atoms with van der Waals surface area (Å²) >= 11 is 0. The van der Waals surface area contributed by atoms with Crippen molar-refractivity contribution in [3.05, 3.63) is 242 Å². The van der Waals surface area contributed by atoms with Gasteiger partial charge in [-0.3, -0.25) is 0 Å². The van der Waals surface area contributed by atoms with Crippen LogP contribution in [0.15, 0.2) is 231 Å². The Labute approximate surface area is 374 Å². The molecule has 0 amide bonds. The highest BCUT2D eigenvalue weighted by Crippen LogP contribution is 2.56. The lowest BCUT2D eigenvalue weighted by Gasteiger charge is -2.33. The number of fused-ring (bicyclic) bond motifs is 5. The van der Waals surface area contributed by atoms with Crippen molar-refractivity contribution < 1.29 is 4.74 Å². The van der Waals surface area contributed by atoms with Crippen molar-refractivity contribution in [1.29, 1.82) is 0 Å². The lowest BCUT2D eigenvalue weighted by Crippen LogP contribution is -2.20. The summed E-state index contributed by atoms with van der Waals surface area (Å²) in [7, 11) is 0. The van der Waals surface area contributed by atoms with E-state index in [1.54, 1.807) is 0 Å². The van der Waals surface area contributed by atoms with Crippen LogP contribution in [0.2, 0.25) is 0 Å². The molecule has 0 bridgehead atoms. The minimum absolute atomic E-state index is 0.227. The van der Waals surface area contributed by atoms with Gasteiger partial charge in [-0.05, 0) is 116 Å². The first kappa shape index (κ1) is 37.6. The van der Waals surface area contributed by atoms with Gasteiger partial charge in [-0.2, -0.15) is 0 Å². The van der Waals surface area contributed by atoms with E-state index in [1.807, 2.05) is 0 Å². The third-order valence-electron chi connectivity index (χ3n) is 13.2. The van der Waals surface area contributed by atoms with Crippen LogP contribution in [0.5, 0.6) is 11.5 Å². The molecule has 12 rings (SSSR count). The van der Waals surface area contributed by atoms with Crippen LogP contribution in [0.4, 0.5) is 34.1 Å². The number of nitrogens with zero attached hydrogens (tertiary/aromatic N) is 2. The fraction of sp³-hybridized carbons (Fsp3) is 0.0492. The second-order valence-electron chi connectivity index (χ2n) is 17.3. The average Bonchev–Trinajstić information content (AvgIpc) is 3.59. The van der Waals surface area contributed by atoms with E-state index in [4.69, 9.17) is 4.74 Å². The summed E-state index contributed by atoms with van der Waals surface area (Å²) in [4.78, 5) is 4.73. The number of ether oxygens (including phenoxy) is 1. The third kappa shape index (κ3) is 6.20. The van der Waals surface area contributed by atoms with E-state index in [9.17, 15) is 0 Å². The largest absolute Gasteiger partial charge is 0.456 e. The minimum Gasteiger partial charge on any atom is -0.456 e. The molecule has 1 heterocycles. The van der Waals surface area contributed by atoms with Crippen LogP contribution in [-0.2, 0) is 5.41 Å². The Morgan fingerprint density at radius 2 is 0.859 bits per heavy atom. The second kappa shape index (κ2) is 15.0. The summed E-state index contributed by atoms with van der Waals surface area (Å²) in [5.41, 5.74) is 18.5. The number of benzene rings is 10. The monoisotopic (exact) mass is 820 g/mol. The topological polar surface area (TPSA) is 15.7 Å². The zero-order chi connectivity index (χ0) is 42.8. The van der Waals surface area contributed by atoms with E-state index >= 15 is 0 Å². The zero-order valence-electron chi connectivity index (χ0n) is 35.7. The van der Waals surface area contributed by atoms with Gasteiger partial charge in [0.25, 0.3) is 0 Å². The zero-order valence-corrected chi connectivity index (χ0v) is 35.7. The van der Waals surface area contributed by atoms with Crippen LogP contribution < -0.4 is 14.5 Å². The van der Waals surface area contributed by atoms with Gasteiger partial charge in [0.1, 0.15) is 11.5 Å². The summed E-state index contributed by atoms with van der Waals surface area (Å²) in [5.74, 6) is 1.67. The number of para-hydroxylation sites is 2. The standard InChI is InChI=1S/C61H44N2O/c1-61(2)55-26-13-12-23-51(55)54-25-15-27-56(60(54)61)63(48-34-32-44(33-35-48)43-30-28-42(29-31-43)41-16-6-3-7-17-41)50-38-45-18-14-24-53-52-37-36-49(39-57(52)64-58(40-50)59(45)53)62(46-19-8-4-9-20-46)47-21-10-5-11-22-47/h3-40H,1-2H3. The van der Waals surface area contributed by atoms with Gasteiger partial charge in [0.05, 0.1) is 11.4 Å². The molecule has 10 aromatic carbocycles. The summed E-state index contributed by atoms with van der Waals surface area (Å²) in [6, 6.07) is 83.1. The molecule has 0 aromatic heterocycles. The Bertz CT molecular complexity index is 3320. The van der Waals surface area contributed by atoms with Crippen molar-refractivity contribution in [2.75, 3.05) is 9.80 Å². The Morgan fingerprint density at radius 1 is 0.344 bits per heavy atom. The van der Waals surface area contributed by atoms with Gasteiger partial charge in [-0.1, -0.05) is 172 Å². The summed E-state index contributed by atoms with van der Waals surface area (Å²) in [6.45, 7) is 4.73. The average molecular weight is 821 g/mol. The molecular formula is C61H44N2O. The van der Waals surface area contributed by atoms with Crippen LogP contribution in [0.1, 0.15) is 25.0 Å². The highest BCUT2D eigenvalue weighted by atomic mass is 16.5. The van der Waals surface area contributed by atoms with Crippen LogP contribution in [0.3, 0.4) is 0 Å². The normalized spacial score (nSPS) is 12.8. The molecule has 1 aliphatic carbocycles.